The van der Waals surface area contributed by atoms with Gasteiger partial charge in [-0.15, -0.1) is 0 Å². The number of nitrogens with one attached hydrogen (secondary N) is 1. The van der Waals surface area contributed by atoms with Crippen molar-refractivity contribution >= 4 is 17.7 Å². The number of pyridine rings is 1. The molecule has 0 spiro atoms. The number of rotatable bonds is 1. The van der Waals surface area contributed by atoms with Gasteiger partial charge in [-0.25, -0.2) is 0 Å². The van der Waals surface area contributed by atoms with Crippen LogP contribution in [0.25, 0.3) is 0 Å². The van der Waals surface area contributed by atoms with Gasteiger partial charge in [-0.1, -0.05) is 13.8 Å². The molecule has 1 atom stereocenters. The lowest BCUT2D eigenvalue weighted by atomic mass is 10.0. The molecule has 112 valence electrons. The number of imide groups is 1. The molecule has 0 bridgehead atoms. The van der Waals surface area contributed by atoms with Crippen molar-refractivity contribution in [3.05, 3.63) is 29.1 Å². The highest BCUT2D eigenvalue weighted by molar-refractivity contribution is 6.04. The number of carbonyl (C=O) groups is 3. The number of piperidine rings is 1. The first-order chi connectivity index (χ1) is 10.1. The van der Waals surface area contributed by atoms with E-state index in [1.807, 2.05) is 26.8 Å². The third-order valence-corrected chi connectivity index (χ3v) is 3.67. The van der Waals surface area contributed by atoms with E-state index < -0.39 is 11.9 Å². The lowest BCUT2D eigenvalue weighted by molar-refractivity contribution is -0.136. The molecule has 6 heteroatoms. The van der Waals surface area contributed by atoms with Crippen molar-refractivity contribution in [3.8, 4) is 0 Å². The van der Waals surface area contributed by atoms with Crippen LogP contribution >= 0.6 is 0 Å². The number of amides is 3. The van der Waals surface area contributed by atoms with E-state index in [1.54, 1.807) is 6.20 Å². The molecule has 2 aliphatic heterocycles. The molecule has 3 heterocycles. The van der Waals surface area contributed by atoms with Gasteiger partial charge in [0, 0.05) is 24.7 Å². The number of fused-ring (bicyclic) bond motifs is 1. The van der Waals surface area contributed by atoms with E-state index in [-0.39, 0.29) is 18.2 Å². The quantitative estimate of drug-likeness (QED) is 0.787. The molecule has 1 N–H and O–H groups in total. The van der Waals surface area contributed by atoms with Crippen LogP contribution in [-0.4, -0.2) is 33.6 Å². The second-order valence-electron chi connectivity index (χ2n) is 4.85. The van der Waals surface area contributed by atoms with Crippen molar-refractivity contribution in [3.63, 3.8) is 0 Å². The minimum Gasteiger partial charge on any atom is -0.321 e. The third-order valence-electron chi connectivity index (χ3n) is 3.67. The summed E-state index contributed by atoms with van der Waals surface area (Å²) in [6, 6.07) is 1.28. The summed E-state index contributed by atoms with van der Waals surface area (Å²) in [7, 11) is 0. The molecule has 1 saturated heterocycles. The van der Waals surface area contributed by atoms with Crippen LogP contribution in [0, 0.1) is 6.92 Å². The summed E-state index contributed by atoms with van der Waals surface area (Å²) in [5, 5.41) is 2.28. The van der Waals surface area contributed by atoms with Crippen LogP contribution < -0.4 is 5.32 Å². The van der Waals surface area contributed by atoms with Crippen molar-refractivity contribution in [2.45, 2.75) is 46.2 Å². The van der Waals surface area contributed by atoms with Crippen LogP contribution in [0.5, 0.6) is 0 Å². The minimum absolute atomic E-state index is 0.229. The van der Waals surface area contributed by atoms with Crippen LogP contribution in [-0.2, 0) is 16.1 Å². The Hall–Kier alpha value is -2.24. The molecular weight excluding hydrogens is 270 g/mol. The first kappa shape index (κ1) is 15.2. The predicted molar refractivity (Wildman–Crippen MR) is 76.4 cm³/mol. The van der Waals surface area contributed by atoms with E-state index >= 15 is 0 Å². The van der Waals surface area contributed by atoms with Gasteiger partial charge in [-0.05, 0) is 25.0 Å². The maximum absolute atomic E-state index is 12.3. The SMILES string of the molecule is CC.Cc1ccnc2c1CN(C1CCC(=O)NC1=O)C2=O. The Kier molecular flexibility index (Phi) is 4.35. The first-order valence-electron chi connectivity index (χ1n) is 7.17. The van der Waals surface area contributed by atoms with Crippen molar-refractivity contribution in [1.29, 1.82) is 0 Å². The molecule has 6 nitrogen and oxygen atoms in total. The fraction of sp³-hybridized carbons (Fsp3) is 0.467. The molecule has 1 unspecified atom stereocenters. The summed E-state index contributed by atoms with van der Waals surface area (Å²) >= 11 is 0. The standard InChI is InChI=1S/C13H13N3O3.C2H6/c1-7-4-5-14-11-8(7)6-16(13(11)19)9-2-3-10(17)15-12(9)18;1-2/h4-5,9H,2-3,6H2,1H3,(H,15,17,18);1-2H3. The van der Waals surface area contributed by atoms with Crippen molar-refractivity contribution < 1.29 is 14.4 Å². The van der Waals surface area contributed by atoms with E-state index in [9.17, 15) is 14.4 Å². The second kappa shape index (κ2) is 6.03. The Morgan fingerprint density at radius 1 is 1.29 bits per heavy atom. The largest absolute Gasteiger partial charge is 0.321 e. The van der Waals surface area contributed by atoms with E-state index in [0.29, 0.717) is 18.7 Å². The Morgan fingerprint density at radius 3 is 2.62 bits per heavy atom. The van der Waals surface area contributed by atoms with Crippen molar-refractivity contribution in [2.75, 3.05) is 0 Å². The van der Waals surface area contributed by atoms with E-state index in [0.717, 1.165) is 11.1 Å². The highest BCUT2D eigenvalue weighted by Gasteiger charge is 2.40. The molecule has 0 aliphatic carbocycles. The number of nitrogens with zero attached hydrogens (tertiary/aromatic N) is 2. The van der Waals surface area contributed by atoms with Crippen LogP contribution in [0.15, 0.2) is 12.3 Å². The van der Waals surface area contributed by atoms with Crippen LogP contribution in [0.1, 0.15) is 48.3 Å². The van der Waals surface area contributed by atoms with Crippen LogP contribution in [0.4, 0.5) is 0 Å². The second-order valence-corrected chi connectivity index (χ2v) is 4.85. The summed E-state index contributed by atoms with van der Waals surface area (Å²) in [5.74, 6) is -0.900. The van der Waals surface area contributed by atoms with Gasteiger partial charge in [-0.3, -0.25) is 24.7 Å². The molecule has 0 aromatic carbocycles. The van der Waals surface area contributed by atoms with Gasteiger partial charge in [-0.2, -0.15) is 0 Å². The highest BCUT2D eigenvalue weighted by Crippen LogP contribution is 2.27. The fourth-order valence-corrected chi connectivity index (χ4v) is 2.58. The smallest absolute Gasteiger partial charge is 0.273 e. The predicted octanol–water partition coefficient (Wildman–Crippen LogP) is 1.18. The first-order valence-corrected chi connectivity index (χ1v) is 7.17. The molecule has 1 aromatic rings. The Bertz CT molecular complexity index is 598. The van der Waals surface area contributed by atoms with Gasteiger partial charge < -0.3 is 4.90 Å². The van der Waals surface area contributed by atoms with Crippen LogP contribution in [0.2, 0.25) is 0 Å². The molecule has 1 fully saturated rings. The third kappa shape index (κ3) is 2.66. The zero-order valence-electron chi connectivity index (χ0n) is 12.5. The van der Waals surface area contributed by atoms with E-state index in [2.05, 4.69) is 10.3 Å². The minimum atomic E-state index is -0.571. The van der Waals surface area contributed by atoms with Gasteiger partial charge in [0.15, 0.2) is 0 Å². The molecule has 1 aromatic heterocycles. The highest BCUT2D eigenvalue weighted by atomic mass is 16.2. The zero-order chi connectivity index (χ0) is 15.6. The van der Waals surface area contributed by atoms with Gasteiger partial charge in [0.25, 0.3) is 5.91 Å². The molecule has 3 rings (SSSR count). The van der Waals surface area contributed by atoms with Gasteiger partial charge >= 0.3 is 0 Å². The van der Waals surface area contributed by atoms with Gasteiger partial charge in [0.2, 0.25) is 11.8 Å². The Labute approximate surface area is 123 Å². The summed E-state index contributed by atoms with van der Waals surface area (Å²) in [5.41, 5.74) is 2.29. The maximum atomic E-state index is 12.3. The average molecular weight is 289 g/mol. The van der Waals surface area contributed by atoms with Crippen molar-refractivity contribution in [1.82, 2.24) is 15.2 Å². The summed E-state index contributed by atoms with van der Waals surface area (Å²) < 4.78 is 0. The summed E-state index contributed by atoms with van der Waals surface area (Å²) in [4.78, 5) is 40.8. The maximum Gasteiger partial charge on any atom is 0.273 e. The Balaban J connectivity index is 0.000000774. The molecule has 3 amide bonds. The van der Waals surface area contributed by atoms with Gasteiger partial charge in [0.05, 0.1) is 0 Å². The van der Waals surface area contributed by atoms with E-state index in [4.69, 9.17) is 0 Å². The molecule has 0 saturated carbocycles. The topological polar surface area (TPSA) is 79.4 Å². The normalized spacial score (nSPS) is 20.6. The molecule has 2 aliphatic rings. The molecule has 0 radical (unpaired) electrons. The van der Waals surface area contributed by atoms with Gasteiger partial charge in [0.1, 0.15) is 11.7 Å². The molecule has 21 heavy (non-hydrogen) atoms. The fourth-order valence-electron chi connectivity index (χ4n) is 2.58. The molecular formula is C15H19N3O3. The monoisotopic (exact) mass is 289 g/mol. The Morgan fingerprint density at radius 2 is 2.00 bits per heavy atom. The number of aryl methyl sites for hydroxylation is 1. The summed E-state index contributed by atoms with van der Waals surface area (Å²) in [6.07, 6.45) is 2.24. The summed E-state index contributed by atoms with van der Waals surface area (Å²) in [6.45, 7) is 6.31. The average Bonchev–Trinajstić information content (AvgIpc) is 2.80. The van der Waals surface area contributed by atoms with Crippen LogP contribution in [0.3, 0.4) is 0 Å². The number of hydrogen-bond donors (Lipinski definition) is 1. The number of carbonyl (C=O) groups excluding carboxylic acids is 3. The lowest BCUT2D eigenvalue weighted by Gasteiger charge is -2.29. The zero-order valence-corrected chi connectivity index (χ0v) is 12.5. The number of hydrogen-bond acceptors (Lipinski definition) is 4. The number of aromatic nitrogens is 1. The van der Waals surface area contributed by atoms with E-state index in [1.165, 1.54) is 4.90 Å². The van der Waals surface area contributed by atoms with Crippen molar-refractivity contribution in [2.24, 2.45) is 0 Å². The lowest BCUT2D eigenvalue weighted by Crippen LogP contribution is -2.52.